The minimum Gasteiger partial charge on any atom is -0.458 e. The van der Waals surface area contributed by atoms with Crippen LogP contribution in [0.15, 0.2) is 78.9 Å². The van der Waals surface area contributed by atoms with E-state index in [9.17, 15) is 0 Å². The largest absolute Gasteiger partial charge is 0.458 e. The molecule has 0 saturated carbocycles. The molecule has 2 aromatic rings. The van der Waals surface area contributed by atoms with Gasteiger partial charge >= 0.3 is 0 Å². The van der Waals surface area contributed by atoms with Gasteiger partial charge in [0.25, 0.3) is 0 Å². The topological polar surface area (TPSA) is 9.23 Å². The molecule has 3 rings (SSSR count). The minimum atomic E-state index is -0.538. The third kappa shape index (κ3) is 10.4. The summed E-state index contributed by atoms with van der Waals surface area (Å²) in [6, 6.07) is 19.3. The predicted molar refractivity (Wildman–Crippen MR) is 168 cm³/mol. The Hall–Kier alpha value is -1.84. The Morgan fingerprint density at radius 3 is 2.00 bits per heavy atom. The Balaban J connectivity index is 1.59. The number of hydrogen-bond acceptors (Lipinski definition) is 3. The van der Waals surface area contributed by atoms with Gasteiger partial charge in [0.05, 0.1) is 0 Å². The Kier molecular flexibility index (Phi) is 13.6. The van der Waals surface area contributed by atoms with E-state index in [1.807, 2.05) is 11.8 Å². The molecular weight excluding hydrogens is 489 g/mol. The van der Waals surface area contributed by atoms with Crippen molar-refractivity contribution in [1.82, 2.24) is 0 Å². The maximum Gasteiger partial charge on any atom is 0.193 e. The van der Waals surface area contributed by atoms with E-state index in [2.05, 4.69) is 92.7 Å². The van der Waals surface area contributed by atoms with E-state index in [0.717, 1.165) is 17.7 Å². The average molecular weight is 535 g/mol. The van der Waals surface area contributed by atoms with Crippen LogP contribution in [0.5, 0.6) is 0 Å². The number of allylic oxidation sites excluding steroid dienone is 2. The molecule has 1 aliphatic carbocycles. The van der Waals surface area contributed by atoms with Crippen LogP contribution in [0.1, 0.15) is 107 Å². The van der Waals surface area contributed by atoms with Crippen molar-refractivity contribution < 1.29 is 4.74 Å². The molecule has 0 radical (unpaired) electrons. The Morgan fingerprint density at radius 1 is 0.757 bits per heavy atom. The molecule has 0 aliphatic heterocycles. The highest BCUT2D eigenvalue weighted by Crippen LogP contribution is 2.38. The summed E-state index contributed by atoms with van der Waals surface area (Å²) in [5.41, 5.74) is 3.67. The van der Waals surface area contributed by atoms with Crippen molar-refractivity contribution in [2.24, 2.45) is 0 Å². The van der Waals surface area contributed by atoms with Crippen molar-refractivity contribution in [3.8, 4) is 0 Å². The Labute approximate surface area is 236 Å². The molecule has 200 valence electrons. The minimum absolute atomic E-state index is 0.276. The molecule has 0 amide bonds. The molecule has 0 heterocycles. The normalized spacial score (nSPS) is 18.7. The second kappa shape index (κ2) is 16.9. The highest BCUT2D eigenvalue weighted by atomic mass is 32.2. The van der Waals surface area contributed by atoms with Crippen LogP contribution in [0.2, 0.25) is 0 Å². The third-order valence-corrected chi connectivity index (χ3v) is 8.71. The highest BCUT2D eigenvalue weighted by molar-refractivity contribution is 8.00. The maximum atomic E-state index is 6.58. The lowest BCUT2D eigenvalue weighted by Gasteiger charge is -2.31. The number of benzene rings is 2. The highest BCUT2D eigenvalue weighted by Gasteiger charge is 2.31. The van der Waals surface area contributed by atoms with Gasteiger partial charge in [0.1, 0.15) is 0 Å². The van der Waals surface area contributed by atoms with E-state index >= 15 is 0 Å². The van der Waals surface area contributed by atoms with Gasteiger partial charge in [-0.25, -0.2) is 0 Å². The molecule has 0 N–H and O–H groups in total. The van der Waals surface area contributed by atoms with E-state index in [1.165, 1.54) is 81.8 Å². The Bertz CT molecular complexity index is 947. The number of rotatable bonds is 17. The van der Waals surface area contributed by atoms with Gasteiger partial charge in [-0.05, 0) is 60.5 Å². The lowest BCUT2D eigenvalue weighted by molar-refractivity contribution is 0.256. The molecule has 0 atom stereocenters. The van der Waals surface area contributed by atoms with Crippen LogP contribution in [-0.2, 0) is 11.2 Å². The second-order valence-electron chi connectivity index (χ2n) is 10.2. The first kappa shape index (κ1) is 29.7. The van der Waals surface area contributed by atoms with E-state index < -0.39 is 4.93 Å². The molecule has 1 aliphatic rings. The fourth-order valence-corrected chi connectivity index (χ4v) is 6.23. The van der Waals surface area contributed by atoms with Gasteiger partial charge in [-0.15, -0.1) is 11.8 Å². The lowest BCUT2D eigenvalue weighted by atomic mass is 9.94. The monoisotopic (exact) mass is 534 g/mol. The van der Waals surface area contributed by atoms with Gasteiger partial charge in [-0.3, -0.25) is 0 Å². The summed E-state index contributed by atoms with van der Waals surface area (Å²) in [5, 5.41) is 0.580. The van der Waals surface area contributed by atoms with Gasteiger partial charge in [0.2, 0.25) is 0 Å². The first-order valence-electron chi connectivity index (χ1n) is 14.6. The van der Waals surface area contributed by atoms with Crippen LogP contribution in [0, 0.1) is 0 Å². The van der Waals surface area contributed by atoms with E-state index in [4.69, 9.17) is 17.0 Å². The number of ether oxygens (including phenoxy) is 1. The van der Waals surface area contributed by atoms with Gasteiger partial charge in [-0.2, -0.15) is 0 Å². The fourth-order valence-electron chi connectivity index (χ4n) is 4.74. The van der Waals surface area contributed by atoms with Crippen LogP contribution in [0.25, 0.3) is 0 Å². The fraction of sp³-hybridized carbons (Fsp3) is 0.500. The smallest absolute Gasteiger partial charge is 0.193 e. The van der Waals surface area contributed by atoms with E-state index in [-0.39, 0.29) is 5.92 Å². The summed E-state index contributed by atoms with van der Waals surface area (Å²) >= 11 is 7.68. The first-order valence-corrected chi connectivity index (χ1v) is 15.9. The SMILES string of the molecule is CCCCCCCCCCSC1(OC(=S)c2ccc(CCCCC)cc2)C=CC(c2ccccc2)C=C1. The van der Waals surface area contributed by atoms with Crippen LogP contribution in [0.4, 0.5) is 0 Å². The molecule has 0 saturated heterocycles. The summed E-state index contributed by atoms with van der Waals surface area (Å²) in [7, 11) is 0. The van der Waals surface area contributed by atoms with Crippen LogP contribution < -0.4 is 0 Å². The van der Waals surface area contributed by atoms with Crippen molar-refractivity contribution in [2.75, 3.05) is 5.75 Å². The van der Waals surface area contributed by atoms with Crippen LogP contribution >= 0.6 is 24.0 Å². The number of thioether (sulfide) groups is 1. The lowest BCUT2D eigenvalue weighted by Crippen LogP contribution is -2.29. The predicted octanol–water partition coefficient (Wildman–Crippen LogP) is 10.6. The van der Waals surface area contributed by atoms with Gasteiger partial charge < -0.3 is 4.74 Å². The second-order valence-corrected chi connectivity index (χ2v) is 11.9. The first-order chi connectivity index (χ1) is 18.2. The zero-order valence-corrected chi connectivity index (χ0v) is 24.6. The van der Waals surface area contributed by atoms with Gasteiger partial charge in [-0.1, -0.05) is 138 Å². The number of thiocarbonyl (C=S) groups is 1. The standard InChI is InChI=1S/C34H46OS2/c1-3-5-7-8-9-10-11-16-28-37-34(26-24-31(25-27-34)30-18-14-12-15-19-30)35-33(36)32-22-20-29(21-23-32)17-13-6-4-2/h12,14-15,18-27,31H,3-11,13,16-17,28H2,1-2H3. The molecule has 2 aromatic carbocycles. The third-order valence-electron chi connectivity index (χ3n) is 7.09. The zero-order chi connectivity index (χ0) is 26.2. The molecule has 3 heteroatoms. The van der Waals surface area contributed by atoms with Crippen molar-refractivity contribution >= 4 is 29.0 Å². The van der Waals surface area contributed by atoms with Crippen molar-refractivity contribution in [1.29, 1.82) is 0 Å². The van der Waals surface area contributed by atoms with Crippen molar-refractivity contribution in [3.05, 3.63) is 95.6 Å². The number of unbranched alkanes of at least 4 members (excludes halogenated alkanes) is 9. The molecule has 0 spiro atoms. The van der Waals surface area contributed by atoms with E-state index in [0.29, 0.717) is 5.05 Å². The number of hydrogen-bond donors (Lipinski definition) is 0. The summed E-state index contributed by atoms with van der Waals surface area (Å²) in [5.74, 6) is 1.34. The van der Waals surface area contributed by atoms with Crippen LogP contribution in [-0.4, -0.2) is 15.7 Å². The van der Waals surface area contributed by atoms with Crippen molar-refractivity contribution in [2.45, 2.75) is 102 Å². The van der Waals surface area contributed by atoms with Crippen molar-refractivity contribution in [3.63, 3.8) is 0 Å². The molecular formula is C34H46OS2. The molecule has 0 fully saturated rings. The van der Waals surface area contributed by atoms with E-state index in [1.54, 1.807) is 0 Å². The summed E-state index contributed by atoms with van der Waals surface area (Å²) in [6.45, 7) is 4.53. The molecule has 0 bridgehead atoms. The summed E-state index contributed by atoms with van der Waals surface area (Å²) in [6.07, 6.45) is 24.6. The molecule has 0 aromatic heterocycles. The number of aryl methyl sites for hydroxylation is 1. The maximum absolute atomic E-state index is 6.58. The Morgan fingerprint density at radius 2 is 1.35 bits per heavy atom. The quantitative estimate of drug-likeness (QED) is 0.0864. The van der Waals surface area contributed by atoms with Gasteiger partial charge in [0.15, 0.2) is 9.98 Å². The zero-order valence-electron chi connectivity index (χ0n) is 23.0. The molecule has 0 unspecified atom stereocenters. The average Bonchev–Trinajstić information content (AvgIpc) is 2.93. The van der Waals surface area contributed by atoms with Crippen LogP contribution in [0.3, 0.4) is 0 Å². The molecule has 37 heavy (non-hydrogen) atoms. The molecule has 1 nitrogen and oxygen atoms in total. The van der Waals surface area contributed by atoms with Gasteiger partial charge in [0, 0.05) is 11.5 Å². The summed E-state index contributed by atoms with van der Waals surface area (Å²) in [4.78, 5) is -0.538. The summed E-state index contributed by atoms with van der Waals surface area (Å²) < 4.78 is 6.58.